The van der Waals surface area contributed by atoms with Gasteiger partial charge in [0.2, 0.25) is 0 Å². The van der Waals surface area contributed by atoms with E-state index >= 15 is 0 Å². The van der Waals surface area contributed by atoms with E-state index in [0.717, 1.165) is 71.1 Å². The zero-order valence-electron chi connectivity index (χ0n) is 18.0. The Morgan fingerprint density at radius 2 is 1.74 bits per heavy atom. The van der Waals surface area contributed by atoms with Crippen molar-refractivity contribution < 1.29 is 32.2 Å². The van der Waals surface area contributed by atoms with E-state index < -0.39 is 12.5 Å². The molecule has 31 heavy (non-hydrogen) atoms. The van der Waals surface area contributed by atoms with E-state index in [1.165, 1.54) is 4.90 Å². The molecule has 4 fully saturated rings. The van der Waals surface area contributed by atoms with Crippen molar-refractivity contribution in [3.63, 3.8) is 0 Å². The van der Waals surface area contributed by atoms with Crippen LogP contribution in [-0.2, 0) is 9.47 Å². The van der Waals surface area contributed by atoms with E-state index in [4.69, 9.17) is 4.74 Å². The first-order valence-electron chi connectivity index (χ1n) is 11.4. The van der Waals surface area contributed by atoms with Crippen LogP contribution in [0.1, 0.15) is 51.9 Å². The monoisotopic (exact) mass is 447 g/mol. The van der Waals surface area contributed by atoms with Gasteiger partial charge < -0.3 is 24.2 Å². The van der Waals surface area contributed by atoms with Gasteiger partial charge in [-0.05, 0) is 76.3 Å². The molecule has 0 radical (unpaired) electrons. The molecule has 1 spiro atoms. The molecule has 4 rings (SSSR count). The summed E-state index contributed by atoms with van der Waals surface area (Å²) in [4.78, 5) is 29.5. The van der Waals surface area contributed by atoms with Crippen molar-refractivity contribution in [3.8, 4) is 0 Å². The number of hydrogen-bond donors (Lipinski definition) is 0. The molecule has 176 valence electrons. The predicted molar refractivity (Wildman–Crippen MR) is 105 cm³/mol. The van der Waals surface area contributed by atoms with Crippen LogP contribution in [0.3, 0.4) is 0 Å². The highest BCUT2D eigenvalue weighted by atomic mass is 19.4. The van der Waals surface area contributed by atoms with Gasteiger partial charge in [-0.2, -0.15) is 0 Å². The predicted octanol–water partition coefficient (Wildman–Crippen LogP) is 3.83. The number of likely N-dealkylation sites (tertiary alicyclic amines) is 3. The minimum Gasteiger partial charge on any atom is -0.450 e. The molecular weight excluding hydrogens is 415 g/mol. The molecule has 0 aromatic carbocycles. The SMILES string of the molecule is CCOC(=O)N1CCC2(CC(N3CCC(C4CCCN4C(=O)OC(F)(F)F)CC3)C2)C1. The maximum Gasteiger partial charge on any atom is 0.576 e. The fraction of sp³-hybridized carbons (Fsp3) is 0.905. The Bertz CT molecular complexity index is 675. The summed E-state index contributed by atoms with van der Waals surface area (Å²) < 4.78 is 46.1. The normalized spacial score (nSPS) is 32.4. The third-order valence-electron chi connectivity index (χ3n) is 7.67. The largest absolute Gasteiger partial charge is 0.576 e. The highest BCUT2D eigenvalue weighted by Gasteiger charge is 2.52. The van der Waals surface area contributed by atoms with Gasteiger partial charge >= 0.3 is 18.5 Å². The lowest BCUT2D eigenvalue weighted by atomic mass is 9.64. The lowest BCUT2D eigenvalue weighted by Gasteiger charge is -2.52. The van der Waals surface area contributed by atoms with Gasteiger partial charge in [0.1, 0.15) is 0 Å². The van der Waals surface area contributed by atoms with Gasteiger partial charge in [-0.15, -0.1) is 13.2 Å². The topological polar surface area (TPSA) is 62.3 Å². The lowest BCUT2D eigenvalue weighted by molar-refractivity contribution is -0.295. The van der Waals surface area contributed by atoms with Gasteiger partial charge in [-0.3, -0.25) is 0 Å². The first-order chi connectivity index (χ1) is 14.7. The Morgan fingerprint density at radius 1 is 1.03 bits per heavy atom. The molecule has 1 aliphatic carbocycles. The van der Waals surface area contributed by atoms with Crippen molar-refractivity contribution in [3.05, 3.63) is 0 Å². The molecule has 10 heteroatoms. The third-order valence-corrected chi connectivity index (χ3v) is 7.67. The summed E-state index contributed by atoms with van der Waals surface area (Å²) in [5.74, 6) is 0.222. The molecule has 7 nitrogen and oxygen atoms in total. The van der Waals surface area contributed by atoms with Crippen molar-refractivity contribution in [2.75, 3.05) is 39.3 Å². The van der Waals surface area contributed by atoms with Crippen LogP contribution in [0.5, 0.6) is 0 Å². The molecule has 0 N–H and O–H groups in total. The maximum atomic E-state index is 12.4. The van der Waals surface area contributed by atoms with Gasteiger partial charge in [0, 0.05) is 31.7 Å². The van der Waals surface area contributed by atoms with E-state index in [1.54, 1.807) is 0 Å². The fourth-order valence-corrected chi connectivity index (χ4v) is 6.17. The molecule has 0 aromatic heterocycles. The zero-order valence-corrected chi connectivity index (χ0v) is 18.0. The number of hydrogen-bond acceptors (Lipinski definition) is 5. The van der Waals surface area contributed by atoms with Crippen molar-refractivity contribution in [2.45, 2.75) is 70.3 Å². The van der Waals surface area contributed by atoms with Crippen LogP contribution in [0.25, 0.3) is 0 Å². The molecule has 3 aliphatic heterocycles. The van der Waals surface area contributed by atoms with Crippen LogP contribution in [0.4, 0.5) is 22.8 Å². The summed E-state index contributed by atoms with van der Waals surface area (Å²) in [5, 5.41) is 0. The second kappa shape index (κ2) is 8.67. The Hall–Kier alpha value is -1.71. The number of piperidine rings is 1. The summed E-state index contributed by atoms with van der Waals surface area (Å²) in [6.45, 7) is 5.90. The highest BCUT2D eigenvalue weighted by Crippen LogP contribution is 2.51. The average Bonchev–Trinajstić information content (AvgIpc) is 3.34. The number of amides is 2. The Kier molecular flexibility index (Phi) is 6.29. The van der Waals surface area contributed by atoms with Crippen LogP contribution in [-0.4, -0.2) is 84.7 Å². The van der Waals surface area contributed by atoms with E-state index in [1.807, 2.05) is 11.8 Å². The molecule has 3 saturated heterocycles. The first-order valence-corrected chi connectivity index (χ1v) is 11.4. The van der Waals surface area contributed by atoms with E-state index in [2.05, 4.69) is 9.64 Å². The minimum absolute atomic E-state index is 0.155. The molecule has 4 aliphatic rings. The van der Waals surface area contributed by atoms with Crippen LogP contribution < -0.4 is 0 Å². The van der Waals surface area contributed by atoms with E-state index in [0.29, 0.717) is 19.2 Å². The zero-order chi connectivity index (χ0) is 22.2. The number of rotatable bonds is 3. The molecule has 0 bridgehead atoms. The molecular formula is C21H32F3N3O4. The van der Waals surface area contributed by atoms with Crippen molar-refractivity contribution in [1.29, 1.82) is 0 Å². The summed E-state index contributed by atoms with van der Waals surface area (Å²) in [6.07, 6.45) is 0.0291. The van der Waals surface area contributed by atoms with Gasteiger partial charge in [-0.1, -0.05) is 0 Å². The number of alkyl halides is 3. The van der Waals surface area contributed by atoms with E-state index in [-0.39, 0.29) is 23.5 Å². The maximum absolute atomic E-state index is 12.4. The molecule has 0 aromatic rings. The van der Waals surface area contributed by atoms with Crippen LogP contribution >= 0.6 is 0 Å². The number of carbonyl (C=O) groups excluding carboxylic acids is 2. The van der Waals surface area contributed by atoms with Gasteiger partial charge in [0.05, 0.1) is 6.61 Å². The average molecular weight is 447 g/mol. The Balaban J connectivity index is 1.23. The first kappa shape index (κ1) is 22.5. The van der Waals surface area contributed by atoms with E-state index in [9.17, 15) is 22.8 Å². The lowest BCUT2D eigenvalue weighted by Crippen LogP contribution is -2.55. The summed E-state index contributed by atoms with van der Waals surface area (Å²) in [6, 6.07) is 0.357. The van der Waals surface area contributed by atoms with Crippen molar-refractivity contribution in [1.82, 2.24) is 14.7 Å². The third kappa shape index (κ3) is 4.88. The van der Waals surface area contributed by atoms with Gasteiger partial charge in [-0.25, -0.2) is 9.59 Å². The summed E-state index contributed by atoms with van der Waals surface area (Å²) in [7, 11) is 0. The van der Waals surface area contributed by atoms with Crippen LogP contribution in [0.2, 0.25) is 0 Å². The molecule has 2 amide bonds. The summed E-state index contributed by atoms with van der Waals surface area (Å²) >= 11 is 0. The molecule has 3 heterocycles. The van der Waals surface area contributed by atoms with Gasteiger partial charge in [0.15, 0.2) is 0 Å². The second-order valence-electron chi connectivity index (χ2n) is 9.52. The minimum atomic E-state index is -4.93. The second-order valence-corrected chi connectivity index (χ2v) is 9.52. The van der Waals surface area contributed by atoms with Crippen molar-refractivity contribution in [2.24, 2.45) is 11.3 Å². The van der Waals surface area contributed by atoms with Crippen LogP contribution in [0, 0.1) is 11.3 Å². The van der Waals surface area contributed by atoms with Gasteiger partial charge in [0.25, 0.3) is 0 Å². The quantitative estimate of drug-likeness (QED) is 0.658. The molecule has 1 unspecified atom stereocenters. The number of carbonyl (C=O) groups is 2. The standard InChI is InChI=1S/C21H32F3N3O4/c1-2-30-18(28)26-11-7-20(14-26)12-16(13-20)25-9-5-15(6-10-25)17-4-3-8-27(17)19(29)31-21(22,23)24/h15-17H,2-14H2,1H3. The molecule has 1 atom stereocenters. The molecule has 1 saturated carbocycles. The van der Waals surface area contributed by atoms with Crippen LogP contribution in [0.15, 0.2) is 0 Å². The number of ether oxygens (including phenoxy) is 2. The number of nitrogens with zero attached hydrogens (tertiary/aromatic N) is 3. The summed E-state index contributed by atoms with van der Waals surface area (Å²) in [5.41, 5.74) is 0.220. The van der Waals surface area contributed by atoms with Crippen molar-refractivity contribution >= 4 is 12.2 Å². The fourth-order valence-electron chi connectivity index (χ4n) is 6.17. The number of halogens is 3. The highest BCUT2D eigenvalue weighted by molar-refractivity contribution is 5.69. The Morgan fingerprint density at radius 3 is 2.39 bits per heavy atom. The Labute approximate surface area is 180 Å². The smallest absolute Gasteiger partial charge is 0.450 e.